The summed E-state index contributed by atoms with van der Waals surface area (Å²) in [5, 5.41) is 11.4. The largest absolute Gasteiger partial charge is 0.481 e. The van der Waals surface area contributed by atoms with Crippen molar-refractivity contribution in [3.8, 4) is 12.3 Å². The molecule has 2 unspecified atom stereocenters. The van der Waals surface area contributed by atoms with E-state index >= 15 is 0 Å². The lowest BCUT2D eigenvalue weighted by Gasteiger charge is -2.15. The molecule has 0 radical (unpaired) electrons. The number of hydrogen-bond acceptors (Lipinski definition) is 3. The van der Waals surface area contributed by atoms with Crippen molar-refractivity contribution < 1.29 is 14.7 Å². The Hall–Kier alpha value is -1.15. The summed E-state index contributed by atoms with van der Waals surface area (Å²) in [6.07, 6.45) is 5.07. The average molecular weight is 243 g/mol. The molecule has 16 heavy (non-hydrogen) atoms. The zero-order chi connectivity index (χ0) is 12.6. The standard InChI is InChI=1S/C11H17NO3S/c1-4-6-16-7-5-12-10(13)8(2)9(3)11(14)15/h1,8-9H,5-7H2,2-3H3,(H,12,13)(H,14,15). The maximum absolute atomic E-state index is 11.5. The molecule has 0 aromatic rings. The molecule has 0 bridgehead atoms. The Morgan fingerprint density at radius 1 is 1.44 bits per heavy atom. The SMILES string of the molecule is C#CCSCCNC(=O)C(C)C(C)C(=O)O. The Morgan fingerprint density at radius 3 is 2.56 bits per heavy atom. The minimum absolute atomic E-state index is 0.226. The molecule has 0 saturated carbocycles. The molecule has 90 valence electrons. The number of carbonyl (C=O) groups is 2. The van der Waals surface area contributed by atoms with Crippen molar-refractivity contribution >= 4 is 23.6 Å². The number of terminal acetylenes is 1. The topological polar surface area (TPSA) is 66.4 Å². The molecule has 0 spiro atoms. The third-order valence-electron chi connectivity index (χ3n) is 2.28. The third kappa shape index (κ3) is 5.66. The van der Waals surface area contributed by atoms with Gasteiger partial charge in [0.15, 0.2) is 0 Å². The van der Waals surface area contributed by atoms with E-state index in [4.69, 9.17) is 11.5 Å². The van der Waals surface area contributed by atoms with E-state index in [1.54, 1.807) is 18.7 Å². The van der Waals surface area contributed by atoms with Crippen LogP contribution in [0.25, 0.3) is 0 Å². The average Bonchev–Trinajstić information content (AvgIpc) is 2.26. The first-order chi connectivity index (χ1) is 7.50. The predicted octanol–water partition coefficient (Wildman–Crippen LogP) is 0.826. The number of aliphatic carboxylic acids is 1. The number of amides is 1. The third-order valence-corrected chi connectivity index (χ3v) is 3.15. The van der Waals surface area contributed by atoms with Crippen LogP contribution in [0.15, 0.2) is 0 Å². The second-order valence-corrected chi connectivity index (χ2v) is 4.57. The zero-order valence-electron chi connectivity index (χ0n) is 9.53. The van der Waals surface area contributed by atoms with Crippen LogP contribution in [0.4, 0.5) is 0 Å². The molecule has 4 nitrogen and oxygen atoms in total. The Balaban J connectivity index is 3.80. The van der Waals surface area contributed by atoms with Crippen molar-refractivity contribution in [3.05, 3.63) is 0 Å². The van der Waals surface area contributed by atoms with E-state index in [-0.39, 0.29) is 5.91 Å². The summed E-state index contributed by atoms with van der Waals surface area (Å²) in [4.78, 5) is 22.2. The molecule has 0 rings (SSSR count). The molecule has 0 heterocycles. The number of rotatable bonds is 7. The van der Waals surface area contributed by atoms with E-state index in [0.29, 0.717) is 12.3 Å². The fourth-order valence-corrected chi connectivity index (χ4v) is 1.49. The van der Waals surface area contributed by atoms with Gasteiger partial charge in [-0.1, -0.05) is 19.8 Å². The summed E-state index contributed by atoms with van der Waals surface area (Å²) < 4.78 is 0. The van der Waals surface area contributed by atoms with Crippen molar-refractivity contribution in [2.24, 2.45) is 11.8 Å². The van der Waals surface area contributed by atoms with Gasteiger partial charge in [-0.25, -0.2) is 0 Å². The number of carbonyl (C=O) groups excluding carboxylic acids is 1. The molecular formula is C11H17NO3S. The highest BCUT2D eigenvalue weighted by Crippen LogP contribution is 2.10. The van der Waals surface area contributed by atoms with Crippen molar-refractivity contribution in [1.82, 2.24) is 5.32 Å². The lowest BCUT2D eigenvalue weighted by molar-refractivity contribution is -0.146. The lowest BCUT2D eigenvalue weighted by Crippen LogP contribution is -2.36. The Morgan fingerprint density at radius 2 is 2.06 bits per heavy atom. The predicted molar refractivity (Wildman–Crippen MR) is 65.1 cm³/mol. The summed E-state index contributed by atoms with van der Waals surface area (Å²) in [5.74, 6) is 1.48. The minimum atomic E-state index is -0.954. The summed E-state index contributed by atoms with van der Waals surface area (Å²) in [5.41, 5.74) is 0. The van der Waals surface area contributed by atoms with Crippen LogP contribution in [0.3, 0.4) is 0 Å². The van der Waals surface area contributed by atoms with Gasteiger partial charge in [0.05, 0.1) is 11.7 Å². The summed E-state index contributed by atoms with van der Waals surface area (Å²) >= 11 is 1.55. The van der Waals surface area contributed by atoms with E-state index in [2.05, 4.69) is 11.2 Å². The van der Waals surface area contributed by atoms with Gasteiger partial charge < -0.3 is 10.4 Å². The highest BCUT2D eigenvalue weighted by Gasteiger charge is 2.25. The monoisotopic (exact) mass is 243 g/mol. The fourth-order valence-electron chi connectivity index (χ4n) is 0.979. The van der Waals surface area contributed by atoms with Crippen molar-refractivity contribution in [2.75, 3.05) is 18.1 Å². The first-order valence-electron chi connectivity index (χ1n) is 5.02. The number of carboxylic acids is 1. The van der Waals surface area contributed by atoms with Gasteiger partial charge in [-0.2, -0.15) is 0 Å². The van der Waals surface area contributed by atoms with Crippen LogP contribution >= 0.6 is 11.8 Å². The van der Waals surface area contributed by atoms with Crippen LogP contribution in [0.1, 0.15) is 13.8 Å². The molecule has 0 fully saturated rings. The Bertz CT molecular complexity index is 285. The molecule has 0 aliphatic carbocycles. The molecule has 1 amide bonds. The van der Waals surface area contributed by atoms with Crippen LogP contribution in [0.5, 0.6) is 0 Å². The van der Waals surface area contributed by atoms with Crippen molar-refractivity contribution in [3.63, 3.8) is 0 Å². The second-order valence-electron chi connectivity index (χ2n) is 3.46. The van der Waals surface area contributed by atoms with Gasteiger partial charge in [-0.3, -0.25) is 9.59 Å². The van der Waals surface area contributed by atoms with Gasteiger partial charge in [0.25, 0.3) is 0 Å². The molecular weight excluding hydrogens is 226 g/mol. The molecule has 2 atom stereocenters. The molecule has 0 aromatic carbocycles. The number of carboxylic acid groups (broad SMARTS) is 1. The van der Waals surface area contributed by atoms with Gasteiger partial charge in [-0.15, -0.1) is 18.2 Å². The summed E-state index contributed by atoms with van der Waals surface area (Å²) in [7, 11) is 0. The molecule has 0 saturated heterocycles. The van der Waals surface area contributed by atoms with E-state index in [9.17, 15) is 9.59 Å². The molecule has 2 N–H and O–H groups in total. The quantitative estimate of drug-likeness (QED) is 0.513. The van der Waals surface area contributed by atoms with Crippen LogP contribution in [-0.2, 0) is 9.59 Å². The van der Waals surface area contributed by atoms with Crippen LogP contribution in [-0.4, -0.2) is 35.0 Å². The van der Waals surface area contributed by atoms with Gasteiger partial charge in [0.2, 0.25) is 5.91 Å². The van der Waals surface area contributed by atoms with Crippen LogP contribution < -0.4 is 5.32 Å². The van der Waals surface area contributed by atoms with Crippen LogP contribution in [0.2, 0.25) is 0 Å². The minimum Gasteiger partial charge on any atom is -0.481 e. The summed E-state index contributed by atoms with van der Waals surface area (Å²) in [6, 6.07) is 0. The van der Waals surface area contributed by atoms with E-state index in [1.165, 1.54) is 6.92 Å². The van der Waals surface area contributed by atoms with Gasteiger partial charge in [-0.05, 0) is 0 Å². The Kier molecular flexibility index (Phi) is 7.48. The van der Waals surface area contributed by atoms with Gasteiger partial charge >= 0.3 is 5.97 Å². The highest BCUT2D eigenvalue weighted by molar-refractivity contribution is 7.99. The van der Waals surface area contributed by atoms with E-state index < -0.39 is 17.8 Å². The van der Waals surface area contributed by atoms with E-state index in [0.717, 1.165) is 5.75 Å². The molecule has 0 aromatic heterocycles. The fraction of sp³-hybridized carbons (Fsp3) is 0.636. The number of thioether (sulfide) groups is 1. The van der Waals surface area contributed by atoms with E-state index in [1.807, 2.05) is 0 Å². The van der Waals surface area contributed by atoms with Crippen molar-refractivity contribution in [1.29, 1.82) is 0 Å². The first-order valence-corrected chi connectivity index (χ1v) is 6.18. The van der Waals surface area contributed by atoms with Crippen LogP contribution in [0, 0.1) is 24.2 Å². The number of hydrogen-bond donors (Lipinski definition) is 2. The number of nitrogens with one attached hydrogen (secondary N) is 1. The van der Waals surface area contributed by atoms with Crippen molar-refractivity contribution in [2.45, 2.75) is 13.8 Å². The highest BCUT2D eigenvalue weighted by atomic mass is 32.2. The molecule has 0 aliphatic heterocycles. The first kappa shape index (κ1) is 14.8. The maximum Gasteiger partial charge on any atom is 0.307 e. The second kappa shape index (κ2) is 8.05. The molecule has 0 aliphatic rings. The Labute approximate surface area is 100 Å². The van der Waals surface area contributed by atoms with Gasteiger partial charge in [0, 0.05) is 18.2 Å². The summed E-state index contributed by atoms with van der Waals surface area (Å²) in [6.45, 7) is 3.66. The lowest BCUT2D eigenvalue weighted by atomic mass is 9.95. The normalized spacial score (nSPS) is 13.6. The van der Waals surface area contributed by atoms with Gasteiger partial charge in [0.1, 0.15) is 0 Å². The zero-order valence-corrected chi connectivity index (χ0v) is 10.3. The molecule has 5 heteroatoms. The maximum atomic E-state index is 11.5. The smallest absolute Gasteiger partial charge is 0.307 e.